The number of unbranched alkanes of at least 4 members (excludes halogenated alkanes) is 1. The summed E-state index contributed by atoms with van der Waals surface area (Å²) in [4.78, 5) is 17.4. The number of aryl methyl sites for hydroxylation is 2. The summed E-state index contributed by atoms with van der Waals surface area (Å²) in [5, 5.41) is 14.3. The van der Waals surface area contributed by atoms with E-state index >= 15 is 0 Å². The molecule has 0 fully saturated rings. The number of hydrogen-bond acceptors (Lipinski definition) is 5. The Morgan fingerprint density at radius 2 is 1.90 bits per heavy atom. The normalized spacial score (nSPS) is 11.1. The number of pyridine rings is 1. The molecule has 8 nitrogen and oxygen atoms in total. The highest BCUT2D eigenvalue weighted by atomic mass is 16.1. The van der Waals surface area contributed by atoms with Crippen molar-refractivity contribution in [3.8, 4) is 22.5 Å². The Bertz CT molecular complexity index is 1160. The second kappa shape index (κ2) is 8.86. The predicted octanol–water partition coefficient (Wildman–Crippen LogP) is 3.30. The van der Waals surface area contributed by atoms with Gasteiger partial charge in [0.15, 0.2) is 0 Å². The molecule has 0 unspecified atom stereocenters. The van der Waals surface area contributed by atoms with Crippen LogP contribution < -0.4 is 5.69 Å². The second-order valence-electron chi connectivity index (χ2n) is 7.20. The number of aromatic nitrogens is 7. The van der Waals surface area contributed by atoms with Gasteiger partial charge < -0.3 is 0 Å². The summed E-state index contributed by atoms with van der Waals surface area (Å²) in [6.07, 6.45) is 6.87. The van der Waals surface area contributed by atoms with E-state index in [1.54, 1.807) is 4.57 Å². The van der Waals surface area contributed by atoms with Gasteiger partial charge in [0, 0.05) is 35.8 Å². The van der Waals surface area contributed by atoms with Crippen molar-refractivity contribution in [2.75, 3.05) is 0 Å². The number of nitrogens with one attached hydrogen (secondary N) is 1. The van der Waals surface area contributed by atoms with Gasteiger partial charge in [0.25, 0.3) is 0 Å². The van der Waals surface area contributed by atoms with Crippen molar-refractivity contribution in [3.63, 3.8) is 0 Å². The van der Waals surface area contributed by atoms with Gasteiger partial charge in [0.2, 0.25) is 5.82 Å². The Hall–Kier alpha value is -3.55. The summed E-state index contributed by atoms with van der Waals surface area (Å²) < 4.78 is 3.61. The molecule has 0 aliphatic rings. The van der Waals surface area contributed by atoms with E-state index in [4.69, 9.17) is 0 Å². The lowest BCUT2D eigenvalue weighted by molar-refractivity contribution is 0.640. The Morgan fingerprint density at radius 1 is 1.07 bits per heavy atom. The lowest BCUT2D eigenvalue weighted by atomic mass is 10.0. The zero-order valence-electron chi connectivity index (χ0n) is 17.2. The molecule has 4 aromatic rings. The van der Waals surface area contributed by atoms with E-state index in [2.05, 4.69) is 32.5 Å². The van der Waals surface area contributed by atoms with Crippen LogP contribution in [0.4, 0.5) is 0 Å². The fraction of sp³-hybridized carbons (Fsp3) is 0.318. The Labute approximate surface area is 174 Å². The number of tetrazole rings is 1. The fourth-order valence-electron chi connectivity index (χ4n) is 3.58. The molecule has 154 valence electrons. The molecule has 0 radical (unpaired) electrons. The lowest BCUT2D eigenvalue weighted by Gasteiger charge is -2.09. The summed E-state index contributed by atoms with van der Waals surface area (Å²) >= 11 is 0. The molecule has 0 bridgehead atoms. The molecule has 0 aliphatic heterocycles. The standard InChI is InChI=1S/C22H25N7O/c1-3-5-8-18-15-28(4-2)22(30)29(18)14-17-12-11-16(13-23-17)19-9-6-7-10-20(19)21-24-26-27-25-21/h6-7,9-13,15H,3-5,8,14H2,1-2H3,(H,24,25,26,27). The zero-order chi connectivity index (χ0) is 20.9. The van der Waals surface area contributed by atoms with Crippen molar-refractivity contribution in [2.45, 2.75) is 46.2 Å². The molecule has 0 spiro atoms. The van der Waals surface area contributed by atoms with Crippen LogP contribution in [0.2, 0.25) is 0 Å². The number of nitrogens with zero attached hydrogens (tertiary/aromatic N) is 6. The number of aromatic amines is 1. The molecule has 0 amide bonds. The van der Waals surface area contributed by atoms with Crippen LogP contribution in [-0.4, -0.2) is 34.7 Å². The molecule has 3 heterocycles. The van der Waals surface area contributed by atoms with Crippen LogP contribution in [0.5, 0.6) is 0 Å². The number of hydrogen-bond donors (Lipinski definition) is 1. The molecular weight excluding hydrogens is 378 g/mol. The minimum absolute atomic E-state index is 0.0249. The van der Waals surface area contributed by atoms with E-state index in [0.717, 1.165) is 47.3 Å². The Balaban J connectivity index is 1.62. The molecule has 0 aliphatic carbocycles. The maximum Gasteiger partial charge on any atom is 0.328 e. The van der Waals surface area contributed by atoms with E-state index in [9.17, 15) is 4.79 Å². The maximum atomic E-state index is 12.7. The van der Waals surface area contributed by atoms with Gasteiger partial charge in [-0.3, -0.25) is 14.1 Å². The van der Waals surface area contributed by atoms with Crippen molar-refractivity contribution >= 4 is 0 Å². The van der Waals surface area contributed by atoms with Gasteiger partial charge in [-0.2, -0.15) is 5.21 Å². The molecule has 0 saturated carbocycles. The van der Waals surface area contributed by atoms with Crippen LogP contribution in [0.25, 0.3) is 22.5 Å². The number of benzene rings is 1. The zero-order valence-corrected chi connectivity index (χ0v) is 17.2. The van der Waals surface area contributed by atoms with E-state index in [1.165, 1.54) is 0 Å². The first-order valence-corrected chi connectivity index (χ1v) is 10.3. The Kier molecular flexibility index (Phi) is 5.83. The molecule has 1 N–H and O–H groups in total. The highest BCUT2D eigenvalue weighted by molar-refractivity contribution is 5.79. The summed E-state index contributed by atoms with van der Waals surface area (Å²) in [5.74, 6) is 0.544. The Morgan fingerprint density at radius 3 is 2.57 bits per heavy atom. The van der Waals surface area contributed by atoms with Crippen LogP contribution in [0.1, 0.15) is 38.1 Å². The maximum absolute atomic E-state index is 12.7. The summed E-state index contributed by atoms with van der Waals surface area (Å²) in [7, 11) is 0. The van der Waals surface area contributed by atoms with Crippen LogP contribution in [0.3, 0.4) is 0 Å². The third-order valence-electron chi connectivity index (χ3n) is 5.22. The highest BCUT2D eigenvalue weighted by Crippen LogP contribution is 2.29. The minimum atomic E-state index is 0.0249. The van der Waals surface area contributed by atoms with Gasteiger partial charge in [0.05, 0.1) is 12.2 Å². The van der Waals surface area contributed by atoms with Crippen LogP contribution >= 0.6 is 0 Å². The number of H-pyrrole nitrogens is 1. The first-order chi connectivity index (χ1) is 14.7. The first-order valence-electron chi connectivity index (χ1n) is 10.3. The van der Waals surface area contributed by atoms with Gasteiger partial charge in [-0.15, -0.1) is 10.2 Å². The van der Waals surface area contributed by atoms with Crippen molar-refractivity contribution in [3.05, 3.63) is 70.7 Å². The van der Waals surface area contributed by atoms with Gasteiger partial charge in [-0.1, -0.05) is 43.7 Å². The highest BCUT2D eigenvalue weighted by Gasteiger charge is 2.13. The van der Waals surface area contributed by atoms with Gasteiger partial charge in [-0.05, 0) is 36.6 Å². The van der Waals surface area contributed by atoms with E-state index in [0.29, 0.717) is 18.9 Å². The second-order valence-corrected chi connectivity index (χ2v) is 7.20. The van der Waals surface area contributed by atoms with E-state index in [-0.39, 0.29) is 5.69 Å². The average Bonchev–Trinajstić information content (AvgIpc) is 3.42. The lowest BCUT2D eigenvalue weighted by Crippen LogP contribution is -2.25. The molecule has 8 heteroatoms. The van der Waals surface area contributed by atoms with Crippen LogP contribution in [-0.2, 0) is 19.5 Å². The number of imidazole rings is 1. The topological polar surface area (TPSA) is 94.3 Å². The molecule has 0 atom stereocenters. The third kappa shape index (κ3) is 3.94. The van der Waals surface area contributed by atoms with E-state index in [1.807, 2.05) is 60.3 Å². The average molecular weight is 403 g/mol. The summed E-state index contributed by atoms with van der Waals surface area (Å²) in [6.45, 7) is 5.29. The summed E-state index contributed by atoms with van der Waals surface area (Å²) in [6, 6.07) is 11.9. The smallest absolute Gasteiger partial charge is 0.299 e. The molecular formula is C22H25N7O. The first kappa shape index (κ1) is 19.8. The van der Waals surface area contributed by atoms with Crippen LogP contribution in [0.15, 0.2) is 53.6 Å². The van der Waals surface area contributed by atoms with Gasteiger partial charge in [0.1, 0.15) is 0 Å². The molecule has 3 aromatic heterocycles. The van der Waals surface area contributed by atoms with Crippen molar-refractivity contribution in [1.82, 2.24) is 34.7 Å². The largest absolute Gasteiger partial charge is 0.328 e. The van der Waals surface area contributed by atoms with Crippen molar-refractivity contribution in [1.29, 1.82) is 0 Å². The van der Waals surface area contributed by atoms with Crippen molar-refractivity contribution in [2.24, 2.45) is 0 Å². The van der Waals surface area contributed by atoms with Gasteiger partial charge >= 0.3 is 5.69 Å². The van der Waals surface area contributed by atoms with Gasteiger partial charge in [-0.25, -0.2) is 4.79 Å². The fourth-order valence-corrected chi connectivity index (χ4v) is 3.58. The molecule has 0 saturated heterocycles. The quantitative estimate of drug-likeness (QED) is 0.487. The molecule has 1 aromatic carbocycles. The van der Waals surface area contributed by atoms with E-state index < -0.39 is 0 Å². The minimum Gasteiger partial charge on any atom is -0.299 e. The third-order valence-corrected chi connectivity index (χ3v) is 5.22. The van der Waals surface area contributed by atoms with Crippen LogP contribution in [0, 0.1) is 0 Å². The monoisotopic (exact) mass is 403 g/mol. The predicted molar refractivity (Wildman–Crippen MR) is 115 cm³/mol. The molecule has 30 heavy (non-hydrogen) atoms. The molecule has 4 rings (SSSR count). The van der Waals surface area contributed by atoms with Crippen molar-refractivity contribution < 1.29 is 0 Å². The SMILES string of the molecule is CCCCc1cn(CC)c(=O)n1Cc1ccc(-c2ccccc2-c2nn[nH]n2)cn1. The summed E-state index contributed by atoms with van der Waals surface area (Å²) in [5.41, 5.74) is 4.78. The number of rotatable bonds is 8.